The Bertz CT molecular complexity index is 593. The standard InChI is InChI=1S/C10H13N5O2/c1-5(2)17-4-6-3-12-8-7(13-6)9(16)15-10(11)14-8/h3,5H,4H2,1-2H3,(H3,11,12,14,15,16). The van der Waals surface area contributed by atoms with Crippen LogP contribution < -0.4 is 11.3 Å². The van der Waals surface area contributed by atoms with Gasteiger partial charge in [-0.25, -0.2) is 9.97 Å². The summed E-state index contributed by atoms with van der Waals surface area (Å²) in [4.78, 5) is 26.0. The molecule has 2 aromatic heterocycles. The number of aromatic amines is 1. The lowest BCUT2D eigenvalue weighted by atomic mass is 10.4. The largest absolute Gasteiger partial charge is 0.372 e. The zero-order valence-corrected chi connectivity index (χ0v) is 9.60. The molecular weight excluding hydrogens is 222 g/mol. The second-order valence-electron chi connectivity index (χ2n) is 3.84. The number of rotatable bonds is 3. The van der Waals surface area contributed by atoms with E-state index >= 15 is 0 Å². The van der Waals surface area contributed by atoms with Gasteiger partial charge in [-0.3, -0.25) is 9.78 Å². The number of hydrogen-bond donors (Lipinski definition) is 2. The Morgan fingerprint density at radius 3 is 2.94 bits per heavy atom. The van der Waals surface area contributed by atoms with Crippen LogP contribution in [0.4, 0.5) is 5.95 Å². The van der Waals surface area contributed by atoms with Crippen molar-refractivity contribution in [1.29, 1.82) is 0 Å². The van der Waals surface area contributed by atoms with Crippen molar-refractivity contribution in [1.82, 2.24) is 19.9 Å². The maximum Gasteiger partial charge on any atom is 0.280 e. The van der Waals surface area contributed by atoms with Crippen molar-refractivity contribution in [2.45, 2.75) is 26.6 Å². The molecule has 2 aromatic rings. The summed E-state index contributed by atoms with van der Waals surface area (Å²) in [6.07, 6.45) is 1.62. The molecule has 0 aromatic carbocycles. The molecule has 0 aliphatic rings. The van der Waals surface area contributed by atoms with Crippen LogP contribution in [-0.4, -0.2) is 26.0 Å². The van der Waals surface area contributed by atoms with E-state index in [4.69, 9.17) is 10.5 Å². The molecule has 0 radical (unpaired) electrons. The van der Waals surface area contributed by atoms with Crippen LogP contribution in [0, 0.1) is 0 Å². The van der Waals surface area contributed by atoms with Gasteiger partial charge in [-0.2, -0.15) is 4.98 Å². The van der Waals surface area contributed by atoms with Crippen LogP contribution in [0.2, 0.25) is 0 Å². The Balaban J connectivity index is 2.40. The summed E-state index contributed by atoms with van der Waals surface area (Å²) in [5.41, 5.74) is 6.00. The van der Waals surface area contributed by atoms with Crippen LogP contribution in [0.25, 0.3) is 11.2 Å². The molecule has 7 heteroatoms. The minimum atomic E-state index is -0.397. The Morgan fingerprint density at radius 2 is 2.24 bits per heavy atom. The van der Waals surface area contributed by atoms with E-state index in [1.165, 1.54) is 6.20 Å². The minimum absolute atomic E-state index is 0.0305. The van der Waals surface area contributed by atoms with Gasteiger partial charge in [-0.05, 0) is 13.8 Å². The maximum atomic E-state index is 11.6. The fourth-order valence-corrected chi connectivity index (χ4v) is 1.29. The van der Waals surface area contributed by atoms with E-state index < -0.39 is 5.56 Å². The molecule has 3 N–H and O–H groups in total. The van der Waals surface area contributed by atoms with Gasteiger partial charge < -0.3 is 10.5 Å². The van der Waals surface area contributed by atoms with Crippen LogP contribution in [0.5, 0.6) is 0 Å². The van der Waals surface area contributed by atoms with Gasteiger partial charge in [0, 0.05) is 0 Å². The van der Waals surface area contributed by atoms with Gasteiger partial charge in [-0.15, -0.1) is 0 Å². The third-order valence-corrected chi connectivity index (χ3v) is 2.05. The third kappa shape index (κ3) is 2.56. The van der Waals surface area contributed by atoms with Gasteiger partial charge >= 0.3 is 0 Å². The SMILES string of the molecule is CC(C)OCc1cnc2nc(N)[nH]c(=O)c2n1. The number of nitrogens with two attached hydrogens (primary N) is 1. The fraction of sp³-hybridized carbons (Fsp3) is 0.400. The number of nitrogens with one attached hydrogen (secondary N) is 1. The second-order valence-corrected chi connectivity index (χ2v) is 3.84. The summed E-state index contributed by atoms with van der Waals surface area (Å²) in [6.45, 7) is 4.15. The first-order valence-corrected chi connectivity index (χ1v) is 5.19. The number of hydrogen-bond acceptors (Lipinski definition) is 6. The van der Waals surface area contributed by atoms with Gasteiger partial charge in [0.15, 0.2) is 11.2 Å². The molecule has 0 bridgehead atoms. The zero-order chi connectivity index (χ0) is 12.4. The van der Waals surface area contributed by atoms with Crippen molar-refractivity contribution in [2.75, 3.05) is 5.73 Å². The highest BCUT2D eigenvalue weighted by Crippen LogP contribution is 2.05. The van der Waals surface area contributed by atoms with Crippen molar-refractivity contribution in [2.24, 2.45) is 0 Å². The summed E-state index contributed by atoms with van der Waals surface area (Å²) in [7, 11) is 0. The Labute approximate surface area is 97.1 Å². The molecule has 0 atom stereocenters. The molecule has 0 spiro atoms. The first kappa shape index (κ1) is 11.5. The molecule has 7 nitrogen and oxygen atoms in total. The predicted octanol–water partition coefficient (Wildman–Crippen LogP) is 0.220. The van der Waals surface area contributed by atoms with Crippen LogP contribution in [-0.2, 0) is 11.3 Å². The highest BCUT2D eigenvalue weighted by Gasteiger charge is 2.07. The van der Waals surface area contributed by atoms with E-state index in [-0.39, 0.29) is 23.2 Å². The quantitative estimate of drug-likeness (QED) is 0.788. The lowest BCUT2D eigenvalue weighted by molar-refractivity contribution is 0.0636. The van der Waals surface area contributed by atoms with Crippen molar-refractivity contribution in [3.63, 3.8) is 0 Å². The first-order chi connectivity index (χ1) is 8.06. The summed E-state index contributed by atoms with van der Waals surface area (Å²) in [5.74, 6) is 0.0305. The second kappa shape index (κ2) is 4.46. The molecule has 2 heterocycles. The smallest absolute Gasteiger partial charge is 0.280 e. The highest BCUT2D eigenvalue weighted by atomic mass is 16.5. The molecule has 0 aliphatic carbocycles. The highest BCUT2D eigenvalue weighted by molar-refractivity contribution is 5.69. The molecule has 0 saturated carbocycles. The van der Waals surface area contributed by atoms with Crippen LogP contribution in [0.1, 0.15) is 19.5 Å². The number of nitrogens with zero attached hydrogens (tertiary/aromatic N) is 3. The van der Waals surface area contributed by atoms with Gasteiger partial charge in [0.2, 0.25) is 5.95 Å². The monoisotopic (exact) mass is 235 g/mol. The Hall–Kier alpha value is -2.02. The van der Waals surface area contributed by atoms with Crippen LogP contribution in [0.3, 0.4) is 0 Å². The van der Waals surface area contributed by atoms with Crippen LogP contribution in [0.15, 0.2) is 11.0 Å². The van der Waals surface area contributed by atoms with E-state index in [0.29, 0.717) is 12.3 Å². The molecule has 0 amide bonds. The molecule has 90 valence electrons. The molecule has 0 saturated heterocycles. The van der Waals surface area contributed by atoms with Crippen molar-refractivity contribution >= 4 is 17.1 Å². The maximum absolute atomic E-state index is 11.6. The summed E-state index contributed by atoms with van der Waals surface area (Å²) < 4.78 is 5.38. The van der Waals surface area contributed by atoms with Gasteiger partial charge in [-0.1, -0.05) is 0 Å². The minimum Gasteiger partial charge on any atom is -0.372 e. The normalized spacial score (nSPS) is 11.2. The van der Waals surface area contributed by atoms with E-state index in [1.54, 1.807) is 0 Å². The first-order valence-electron chi connectivity index (χ1n) is 5.19. The number of nitrogen functional groups attached to an aromatic ring is 1. The number of aromatic nitrogens is 4. The van der Waals surface area contributed by atoms with Crippen molar-refractivity contribution in [3.05, 3.63) is 22.2 Å². The van der Waals surface area contributed by atoms with E-state index in [2.05, 4.69) is 19.9 Å². The van der Waals surface area contributed by atoms with Gasteiger partial charge in [0.05, 0.1) is 24.6 Å². The van der Waals surface area contributed by atoms with Gasteiger partial charge in [0.1, 0.15) is 0 Å². The summed E-state index contributed by atoms with van der Waals surface area (Å²) in [5, 5.41) is 0. The lowest BCUT2D eigenvalue weighted by Gasteiger charge is -2.06. The van der Waals surface area contributed by atoms with Crippen molar-refractivity contribution < 1.29 is 4.74 Å². The van der Waals surface area contributed by atoms with E-state index in [1.807, 2.05) is 13.8 Å². The molecular formula is C10H13N5O2. The number of anilines is 1. The molecule has 2 rings (SSSR count). The average molecular weight is 235 g/mol. The molecule has 0 aliphatic heterocycles. The molecule has 0 fully saturated rings. The Kier molecular flexibility index (Phi) is 3.01. The number of fused-ring (bicyclic) bond motifs is 1. The van der Waals surface area contributed by atoms with Crippen LogP contribution >= 0.6 is 0 Å². The predicted molar refractivity (Wildman–Crippen MR) is 62.3 cm³/mol. The number of H-pyrrole nitrogens is 1. The molecule has 17 heavy (non-hydrogen) atoms. The fourth-order valence-electron chi connectivity index (χ4n) is 1.29. The topological polar surface area (TPSA) is 107 Å². The average Bonchev–Trinajstić information content (AvgIpc) is 2.26. The zero-order valence-electron chi connectivity index (χ0n) is 9.60. The van der Waals surface area contributed by atoms with Gasteiger partial charge in [0.25, 0.3) is 5.56 Å². The van der Waals surface area contributed by atoms with Crippen molar-refractivity contribution in [3.8, 4) is 0 Å². The van der Waals surface area contributed by atoms with E-state index in [0.717, 1.165) is 0 Å². The summed E-state index contributed by atoms with van der Waals surface area (Å²) >= 11 is 0. The Morgan fingerprint density at radius 1 is 1.47 bits per heavy atom. The molecule has 0 unspecified atom stereocenters. The van der Waals surface area contributed by atoms with E-state index in [9.17, 15) is 4.79 Å². The summed E-state index contributed by atoms with van der Waals surface area (Å²) in [6, 6.07) is 0. The number of ether oxygens (including phenoxy) is 1. The lowest BCUT2D eigenvalue weighted by Crippen LogP contribution is -2.14. The third-order valence-electron chi connectivity index (χ3n) is 2.05.